The minimum atomic E-state index is -0.701. The Morgan fingerprint density at radius 3 is 2.57 bits per heavy atom. The van der Waals surface area contributed by atoms with Gasteiger partial charge in [-0.1, -0.05) is 6.07 Å². The largest absolute Gasteiger partial charge is 0.484 e. The molecule has 0 heterocycles. The molecular formula is C14H21N3O4. The summed E-state index contributed by atoms with van der Waals surface area (Å²) < 4.78 is 5.47. The first-order valence-electron chi connectivity index (χ1n) is 6.63. The number of carbonyl (C=O) groups excluding carboxylic acids is 1. The van der Waals surface area contributed by atoms with Gasteiger partial charge in [0.25, 0.3) is 0 Å². The lowest BCUT2D eigenvalue weighted by Gasteiger charge is -2.26. The molecule has 116 valence electrons. The van der Waals surface area contributed by atoms with Gasteiger partial charge in [0, 0.05) is 12.0 Å². The molecule has 0 atom stereocenters. The summed E-state index contributed by atoms with van der Waals surface area (Å²) in [5, 5.41) is 14.3. The number of rotatable bonds is 7. The molecule has 21 heavy (non-hydrogen) atoms. The minimum absolute atomic E-state index is 0.0550. The van der Waals surface area contributed by atoms with Crippen molar-refractivity contribution < 1.29 is 14.5 Å². The van der Waals surface area contributed by atoms with Crippen LogP contribution in [0.2, 0.25) is 0 Å². The van der Waals surface area contributed by atoms with Crippen LogP contribution in [0.25, 0.3) is 0 Å². The third-order valence-electron chi connectivity index (χ3n) is 2.63. The number of amides is 1. The van der Waals surface area contributed by atoms with E-state index in [2.05, 4.69) is 5.32 Å². The quantitative estimate of drug-likeness (QED) is 0.593. The maximum absolute atomic E-state index is 11.3. The minimum Gasteiger partial charge on any atom is -0.484 e. The first kappa shape index (κ1) is 16.7. The highest BCUT2D eigenvalue weighted by molar-refractivity contribution is 5.76. The van der Waals surface area contributed by atoms with Crippen LogP contribution in [-0.4, -0.2) is 22.5 Å². The summed E-state index contributed by atoms with van der Waals surface area (Å²) in [5.74, 6) is -0.292. The molecule has 0 aliphatic carbocycles. The van der Waals surface area contributed by atoms with Gasteiger partial charge in [-0.15, -0.1) is 0 Å². The molecule has 1 aromatic rings. The third-order valence-corrected chi connectivity index (χ3v) is 2.63. The standard InChI is InChI=1S/C14H21N3O4/c1-9(2)21-11-7-5-6-10(13(11)17(19)20)16-14(3,4)8-12(15)18/h5-7,9,16H,8H2,1-4H3,(H2,15,18). The van der Waals surface area contributed by atoms with Gasteiger partial charge in [-0.25, -0.2) is 0 Å². The van der Waals surface area contributed by atoms with E-state index in [9.17, 15) is 14.9 Å². The molecule has 0 unspecified atom stereocenters. The van der Waals surface area contributed by atoms with Crippen molar-refractivity contribution in [3.63, 3.8) is 0 Å². The van der Waals surface area contributed by atoms with Gasteiger partial charge in [0.1, 0.15) is 5.69 Å². The maximum atomic E-state index is 11.3. The van der Waals surface area contributed by atoms with Crippen molar-refractivity contribution in [3.05, 3.63) is 28.3 Å². The molecule has 1 aromatic carbocycles. The van der Waals surface area contributed by atoms with Gasteiger partial charge in [0.05, 0.1) is 11.0 Å². The van der Waals surface area contributed by atoms with Crippen molar-refractivity contribution >= 4 is 17.3 Å². The zero-order valence-corrected chi connectivity index (χ0v) is 12.7. The summed E-state index contributed by atoms with van der Waals surface area (Å²) >= 11 is 0. The predicted molar refractivity (Wildman–Crippen MR) is 80.4 cm³/mol. The van der Waals surface area contributed by atoms with Crippen LogP contribution in [0.3, 0.4) is 0 Å². The molecule has 0 saturated heterocycles. The second-order valence-electron chi connectivity index (χ2n) is 5.73. The molecule has 1 amide bonds. The molecule has 1 rings (SSSR count). The SMILES string of the molecule is CC(C)Oc1cccc(NC(C)(C)CC(N)=O)c1[N+](=O)[O-]. The number of hydrogen-bond acceptors (Lipinski definition) is 5. The van der Waals surface area contributed by atoms with E-state index in [0.29, 0.717) is 5.69 Å². The monoisotopic (exact) mass is 295 g/mol. The Morgan fingerprint density at radius 1 is 1.48 bits per heavy atom. The predicted octanol–water partition coefficient (Wildman–Crippen LogP) is 2.45. The molecule has 0 spiro atoms. The fourth-order valence-electron chi connectivity index (χ4n) is 2.00. The van der Waals surface area contributed by atoms with Crippen molar-refractivity contribution in [2.75, 3.05) is 5.32 Å². The number of nitrogens with zero attached hydrogens (tertiary/aromatic N) is 1. The lowest BCUT2D eigenvalue weighted by Crippen LogP contribution is -2.36. The Balaban J connectivity index is 3.17. The normalized spacial score (nSPS) is 11.3. The van der Waals surface area contributed by atoms with E-state index in [4.69, 9.17) is 10.5 Å². The molecule has 0 aromatic heterocycles. The number of para-hydroxylation sites is 1. The van der Waals surface area contributed by atoms with Crippen LogP contribution in [0.1, 0.15) is 34.1 Å². The van der Waals surface area contributed by atoms with E-state index in [1.165, 1.54) is 0 Å². The molecule has 0 saturated carbocycles. The molecule has 0 aliphatic heterocycles. The number of ether oxygens (including phenoxy) is 1. The summed E-state index contributed by atoms with van der Waals surface area (Å²) in [7, 11) is 0. The van der Waals surface area contributed by atoms with Gasteiger partial charge in [0.15, 0.2) is 5.75 Å². The Labute approximate surface area is 123 Å². The van der Waals surface area contributed by atoms with Crippen molar-refractivity contribution in [3.8, 4) is 5.75 Å². The summed E-state index contributed by atoms with van der Waals surface area (Å²) in [6, 6.07) is 4.78. The van der Waals surface area contributed by atoms with E-state index in [-0.39, 0.29) is 24.0 Å². The van der Waals surface area contributed by atoms with Crippen LogP contribution in [0.4, 0.5) is 11.4 Å². The maximum Gasteiger partial charge on any atom is 0.333 e. The average molecular weight is 295 g/mol. The van der Waals surface area contributed by atoms with Crippen LogP contribution >= 0.6 is 0 Å². The van der Waals surface area contributed by atoms with Crippen molar-refractivity contribution in [2.45, 2.75) is 45.8 Å². The number of nitrogens with two attached hydrogens (primary N) is 1. The van der Waals surface area contributed by atoms with E-state index in [0.717, 1.165) is 0 Å². The highest BCUT2D eigenvalue weighted by Gasteiger charge is 2.27. The lowest BCUT2D eigenvalue weighted by molar-refractivity contribution is -0.385. The Morgan fingerprint density at radius 2 is 2.10 bits per heavy atom. The highest BCUT2D eigenvalue weighted by atomic mass is 16.6. The molecular weight excluding hydrogens is 274 g/mol. The Hall–Kier alpha value is -2.31. The number of benzene rings is 1. The molecule has 3 N–H and O–H groups in total. The van der Waals surface area contributed by atoms with Crippen molar-refractivity contribution in [2.24, 2.45) is 5.73 Å². The fraction of sp³-hybridized carbons (Fsp3) is 0.500. The number of nitrogens with one attached hydrogen (secondary N) is 1. The summed E-state index contributed by atoms with van der Waals surface area (Å²) in [5.41, 5.74) is 4.63. The van der Waals surface area contributed by atoms with Crippen molar-refractivity contribution in [1.82, 2.24) is 0 Å². The summed E-state index contributed by atoms with van der Waals surface area (Å²) in [6.07, 6.45) is -0.128. The van der Waals surface area contributed by atoms with Gasteiger partial charge in [-0.3, -0.25) is 14.9 Å². The Kier molecular flexibility index (Phi) is 5.12. The van der Waals surface area contributed by atoms with Gasteiger partial charge < -0.3 is 15.8 Å². The smallest absolute Gasteiger partial charge is 0.333 e. The van der Waals surface area contributed by atoms with Crippen LogP contribution in [0.15, 0.2) is 18.2 Å². The van der Waals surface area contributed by atoms with Gasteiger partial charge in [0.2, 0.25) is 5.91 Å². The first-order valence-corrected chi connectivity index (χ1v) is 6.63. The van der Waals surface area contributed by atoms with Crippen LogP contribution in [-0.2, 0) is 4.79 Å². The first-order chi connectivity index (χ1) is 9.62. The lowest BCUT2D eigenvalue weighted by atomic mass is 9.99. The molecule has 0 bridgehead atoms. The number of nitro groups is 1. The second-order valence-corrected chi connectivity index (χ2v) is 5.73. The number of anilines is 1. The molecule has 0 aliphatic rings. The number of hydrogen-bond donors (Lipinski definition) is 2. The van der Waals surface area contributed by atoms with Crippen molar-refractivity contribution in [1.29, 1.82) is 0 Å². The van der Waals surface area contributed by atoms with Gasteiger partial charge in [-0.05, 0) is 39.8 Å². The third kappa shape index (κ3) is 4.94. The number of primary amides is 1. The fourth-order valence-corrected chi connectivity index (χ4v) is 2.00. The highest BCUT2D eigenvalue weighted by Crippen LogP contribution is 2.37. The second kappa shape index (κ2) is 6.43. The summed E-state index contributed by atoms with van der Waals surface area (Å²) in [4.78, 5) is 21.9. The molecule has 7 heteroatoms. The zero-order valence-electron chi connectivity index (χ0n) is 12.7. The Bertz CT molecular complexity index is 541. The van der Waals surface area contributed by atoms with Crippen LogP contribution < -0.4 is 15.8 Å². The van der Waals surface area contributed by atoms with Gasteiger partial charge in [-0.2, -0.15) is 0 Å². The van der Waals surface area contributed by atoms with Crippen LogP contribution in [0, 0.1) is 10.1 Å². The van der Waals surface area contributed by atoms with E-state index >= 15 is 0 Å². The van der Waals surface area contributed by atoms with Gasteiger partial charge >= 0.3 is 5.69 Å². The average Bonchev–Trinajstić information content (AvgIpc) is 2.24. The zero-order chi connectivity index (χ0) is 16.2. The molecule has 0 radical (unpaired) electrons. The number of carbonyl (C=O) groups is 1. The van der Waals surface area contributed by atoms with Crippen LogP contribution in [0.5, 0.6) is 5.75 Å². The topological polar surface area (TPSA) is 107 Å². The van der Waals surface area contributed by atoms with E-state index in [1.54, 1.807) is 45.9 Å². The summed E-state index contributed by atoms with van der Waals surface area (Å²) in [6.45, 7) is 7.08. The number of nitro benzene ring substituents is 1. The molecule has 7 nitrogen and oxygen atoms in total. The van der Waals surface area contributed by atoms with E-state index in [1.807, 2.05) is 0 Å². The molecule has 0 fully saturated rings. The van der Waals surface area contributed by atoms with E-state index < -0.39 is 16.4 Å².